The summed E-state index contributed by atoms with van der Waals surface area (Å²) in [5.74, 6) is -2.46. The SMILES string of the molecule is CC(NC(=O)c1cnc(OCC(F)(F)F)c(F)c1)c1ccnc(NC(=O)C2CC2)c1. The summed E-state index contributed by atoms with van der Waals surface area (Å²) in [6.45, 7) is -0.0223. The van der Waals surface area contributed by atoms with E-state index >= 15 is 0 Å². The van der Waals surface area contributed by atoms with E-state index in [4.69, 9.17) is 0 Å². The predicted molar refractivity (Wildman–Crippen MR) is 97.2 cm³/mol. The largest absolute Gasteiger partial charge is 0.466 e. The number of amides is 2. The fourth-order valence-electron chi connectivity index (χ4n) is 2.53. The van der Waals surface area contributed by atoms with E-state index in [1.165, 1.54) is 6.20 Å². The fraction of sp³-hybridized carbons (Fsp3) is 0.368. The monoisotopic (exact) mass is 426 g/mol. The standard InChI is InChI=1S/C19H18F4N4O3/c1-10(12-4-5-24-15(7-12)27-16(28)11-2-3-11)26-17(29)13-6-14(20)18(25-8-13)30-9-19(21,22)23/h4-8,10-11H,2-3,9H2,1H3,(H,26,29)(H,24,27,28). The van der Waals surface area contributed by atoms with Gasteiger partial charge in [-0.2, -0.15) is 13.2 Å². The highest BCUT2D eigenvalue weighted by Crippen LogP contribution is 2.30. The van der Waals surface area contributed by atoms with Crippen molar-refractivity contribution >= 4 is 17.6 Å². The molecule has 1 atom stereocenters. The summed E-state index contributed by atoms with van der Waals surface area (Å²) >= 11 is 0. The Balaban J connectivity index is 1.62. The van der Waals surface area contributed by atoms with Gasteiger partial charge in [-0.1, -0.05) is 0 Å². The van der Waals surface area contributed by atoms with E-state index in [-0.39, 0.29) is 17.4 Å². The maximum atomic E-state index is 13.9. The number of hydrogen-bond donors (Lipinski definition) is 2. The number of carbonyl (C=O) groups is 2. The van der Waals surface area contributed by atoms with Gasteiger partial charge in [0.25, 0.3) is 11.8 Å². The third-order valence-electron chi connectivity index (χ3n) is 4.27. The molecule has 2 N–H and O–H groups in total. The lowest BCUT2D eigenvalue weighted by Crippen LogP contribution is -2.27. The average Bonchev–Trinajstić information content (AvgIpc) is 3.51. The molecule has 1 aliphatic carbocycles. The molecule has 2 amide bonds. The third kappa shape index (κ3) is 5.88. The molecule has 160 valence electrons. The number of nitrogens with zero attached hydrogens (tertiary/aromatic N) is 2. The van der Waals surface area contributed by atoms with Crippen LogP contribution >= 0.6 is 0 Å². The van der Waals surface area contributed by atoms with Crippen LogP contribution in [0.25, 0.3) is 0 Å². The summed E-state index contributed by atoms with van der Waals surface area (Å²) in [4.78, 5) is 31.7. The zero-order valence-electron chi connectivity index (χ0n) is 15.8. The van der Waals surface area contributed by atoms with Crippen molar-refractivity contribution in [3.05, 3.63) is 47.5 Å². The first-order valence-corrected chi connectivity index (χ1v) is 9.05. The molecule has 0 bridgehead atoms. The van der Waals surface area contributed by atoms with Gasteiger partial charge in [0.05, 0.1) is 11.6 Å². The molecule has 0 radical (unpaired) electrons. The number of halogens is 4. The fourth-order valence-corrected chi connectivity index (χ4v) is 2.53. The van der Waals surface area contributed by atoms with Crippen LogP contribution in [0.3, 0.4) is 0 Å². The molecule has 30 heavy (non-hydrogen) atoms. The average molecular weight is 426 g/mol. The molecule has 0 spiro atoms. The molecule has 2 aromatic heterocycles. The summed E-state index contributed by atoms with van der Waals surface area (Å²) in [6, 6.07) is 3.47. The van der Waals surface area contributed by atoms with E-state index in [0.717, 1.165) is 25.1 Å². The first kappa shape index (κ1) is 21.5. The topological polar surface area (TPSA) is 93.2 Å². The Hall–Kier alpha value is -3.24. The first-order chi connectivity index (χ1) is 14.1. The number of hydrogen-bond acceptors (Lipinski definition) is 5. The van der Waals surface area contributed by atoms with Crippen LogP contribution in [0.1, 0.15) is 41.7 Å². The quantitative estimate of drug-likeness (QED) is 0.662. The van der Waals surface area contributed by atoms with Crippen LogP contribution in [0, 0.1) is 11.7 Å². The van der Waals surface area contributed by atoms with Gasteiger partial charge in [0, 0.05) is 18.3 Å². The number of rotatable bonds is 7. The number of nitrogens with one attached hydrogen (secondary N) is 2. The second-order valence-electron chi connectivity index (χ2n) is 6.85. The van der Waals surface area contributed by atoms with Crippen molar-refractivity contribution in [3.8, 4) is 5.88 Å². The van der Waals surface area contributed by atoms with Crippen molar-refractivity contribution < 1.29 is 31.9 Å². The van der Waals surface area contributed by atoms with Gasteiger partial charge in [-0.15, -0.1) is 0 Å². The third-order valence-corrected chi connectivity index (χ3v) is 4.27. The van der Waals surface area contributed by atoms with Gasteiger partial charge in [0.15, 0.2) is 12.4 Å². The molecule has 0 aliphatic heterocycles. The molecule has 1 saturated carbocycles. The molecule has 0 saturated heterocycles. The van der Waals surface area contributed by atoms with Crippen LogP contribution in [0.4, 0.5) is 23.4 Å². The number of anilines is 1. The van der Waals surface area contributed by atoms with E-state index in [1.807, 2.05) is 0 Å². The minimum Gasteiger partial charge on any atom is -0.466 e. The van der Waals surface area contributed by atoms with Gasteiger partial charge in [0.1, 0.15) is 5.82 Å². The van der Waals surface area contributed by atoms with Gasteiger partial charge in [0.2, 0.25) is 5.91 Å². The lowest BCUT2D eigenvalue weighted by atomic mass is 10.1. The highest BCUT2D eigenvalue weighted by molar-refractivity contribution is 5.94. The van der Waals surface area contributed by atoms with Crippen LogP contribution in [-0.2, 0) is 4.79 Å². The van der Waals surface area contributed by atoms with Gasteiger partial charge in [-0.3, -0.25) is 9.59 Å². The van der Waals surface area contributed by atoms with E-state index in [1.54, 1.807) is 19.1 Å². The summed E-state index contributed by atoms with van der Waals surface area (Å²) in [6.07, 6.45) is -0.536. The van der Waals surface area contributed by atoms with E-state index in [0.29, 0.717) is 11.4 Å². The maximum absolute atomic E-state index is 13.9. The second-order valence-corrected chi connectivity index (χ2v) is 6.85. The normalized spacial score (nSPS) is 14.7. The summed E-state index contributed by atoms with van der Waals surface area (Å²) in [7, 11) is 0. The molecular formula is C19H18F4N4O3. The number of pyridine rings is 2. The highest BCUT2D eigenvalue weighted by atomic mass is 19.4. The summed E-state index contributed by atoms with van der Waals surface area (Å²) < 4.78 is 54.7. The van der Waals surface area contributed by atoms with E-state index in [2.05, 4.69) is 25.3 Å². The molecule has 2 aromatic rings. The molecule has 1 aliphatic rings. The summed E-state index contributed by atoms with van der Waals surface area (Å²) in [5.41, 5.74) is 0.457. The van der Waals surface area contributed by atoms with Crippen LogP contribution in [0.15, 0.2) is 30.6 Å². The Morgan fingerprint density at radius 2 is 2.00 bits per heavy atom. The minimum atomic E-state index is -4.64. The molecule has 3 rings (SSSR count). The minimum absolute atomic E-state index is 0.0121. The molecule has 11 heteroatoms. The van der Waals surface area contributed by atoms with E-state index < -0.39 is 36.4 Å². The lowest BCUT2D eigenvalue weighted by Gasteiger charge is -2.15. The van der Waals surface area contributed by atoms with Crippen molar-refractivity contribution in [2.75, 3.05) is 11.9 Å². The van der Waals surface area contributed by atoms with Gasteiger partial charge < -0.3 is 15.4 Å². The lowest BCUT2D eigenvalue weighted by molar-refractivity contribution is -0.154. The molecule has 1 fully saturated rings. The Labute approximate surface area is 168 Å². The van der Waals surface area contributed by atoms with Crippen LogP contribution in [0.5, 0.6) is 5.88 Å². The van der Waals surface area contributed by atoms with E-state index in [9.17, 15) is 27.2 Å². The van der Waals surface area contributed by atoms with Gasteiger partial charge in [-0.05, 0) is 43.5 Å². The molecule has 2 heterocycles. The predicted octanol–water partition coefficient (Wildman–Crippen LogP) is 3.40. The number of ether oxygens (including phenoxy) is 1. The molecule has 0 aromatic carbocycles. The summed E-state index contributed by atoms with van der Waals surface area (Å²) in [5, 5.41) is 5.33. The maximum Gasteiger partial charge on any atom is 0.422 e. The zero-order chi connectivity index (χ0) is 21.9. The van der Waals surface area contributed by atoms with Crippen molar-refractivity contribution in [2.45, 2.75) is 32.0 Å². The van der Waals surface area contributed by atoms with Crippen molar-refractivity contribution in [1.29, 1.82) is 0 Å². The van der Waals surface area contributed by atoms with Gasteiger partial charge in [-0.25, -0.2) is 14.4 Å². The number of alkyl halides is 3. The Morgan fingerprint density at radius 3 is 2.63 bits per heavy atom. The van der Waals surface area contributed by atoms with Crippen LogP contribution < -0.4 is 15.4 Å². The van der Waals surface area contributed by atoms with Crippen molar-refractivity contribution in [2.24, 2.45) is 5.92 Å². The highest BCUT2D eigenvalue weighted by Gasteiger charge is 2.30. The number of carbonyl (C=O) groups excluding carboxylic acids is 2. The Kier molecular flexibility index (Phi) is 6.18. The first-order valence-electron chi connectivity index (χ1n) is 9.05. The smallest absolute Gasteiger partial charge is 0.422 e. The van der Waals surface area contributed by atoms with Crippen molar-refractivity contribution in [3.63, 3.8) is 0 Å². The van der Waals surface area contributed by atoms with Crippen molar-refractivity contribution in [1.82, 2.24) is 15.3 Å². The Morgan fingerprint density at radius 1 is 1.27 bits per heavy atom. The molecule has 7 nitrogen and oxygen atoms in total. The number of aromatic nitrogens is 2. The zero-order valence-corrected chi connectivity index (χ0v) is 15.8. The van der Waals surface area contributed by atoms with Crippen LogP contribution in [-0.4, -0.2) is 34.6 Å². The Bertz CT molecular complexity index is 948. The van der Waals surface area contributed by atoms with Crippen LogP contribution in [0.2, 0.25) is 0 Å². The van der Waals surface area contributed by atoms with Gasteiger partial charge >= 0.3 is 6.18 Å². The molecule has 1 unspecified atom stereocenters. The second kappa shape index (κ2) is 8.64. The molecular weight excluding hydrogens is 408 g/mol.